The van der Waals surface area contributed by atoms with Crippen LogP contribution in [0.4, 0.5) is 0 Å². The molecule has 3 rings (SSSR count). The Morgan fingerprint density at radius 2 is 2.10 bits per heavy atom. The number of aliphatic hydroxyl groups is 2. The van der Waals surface area contributed by atoms with Crippen LogP contribution in [0.5, 0.6) is 0 Å². The molecule has 112 valence electrons. The van der Waals surface area contributed by atoms with Crippen molar-refractivity contribution < 1.29 is 10.2 Å². The quantitative estimate of drug-likeness (QED) is 0.833. The highest BCUT2D eigenvalue weighted by Gasteiger charge is 2.61. The van der Waals surface area contributed by atoms with Crippen LogP contribution >= 0.6 is 0 Å². The maximum atomic E-state index is 11.5. The summed E-state index contributed by atoms with van der Waals surface area (Å²) in [6, 6.07) is 0. The lowest BCUT2D eigenvalue weighted by atomic mass is 9.65. The fourth-order valence-electron chi connectivity index (χ4n) is 4.61. The van der Waals surface area contributed by atoms with Gasteiger partial charge in [-0.3, -0.25) is 0 Å². The highest BCUT2D eigenvalue weighted by molar-refractivity contribution is 5.27. The average Bonchev–Trinajstić information content (AvgIpc) is 3.11. The van der Waals surface area contributed by atoms with Crippen molar-refractivity contribution in [2.45, 2.75) is 38.2 Å². The van der Waals surface area contributed by atoms with E-state index in [0.29, 0.717) is 17.6 Å². The van der Waals surface area contributed by atoms with Gasteiger partial charge in [0.15, 0.2) is 0 Å². The molecule has 2 saturated carbocycles. The van der Waals surface area contributed by atoms with E-state index in [4.69, 9.17) is 0 Å². The summed E-state index contributed by atoms with van der Waals surface area (Å²) in [6.45, 7) is 2.99. The molecule has 2 fully saturated rings. The zero-order chi connectivity index (χ0) is 14.5. The van der Waals surface area contributed by atoms with Crippen LogP contribution in [-0.2, 0) is 0 Å². The molecule has 3 heteroatoms. The molecule has 0 saturated heterocycles. The number of rotatable bonds is 3. The van der Waals surface area contributed by atoms with Gasteiger partial charge in [-0.25, -0.2) is 0 Å². The Kier molecular flexibility index (Phi) is 3.46. The van der Waals surface area contributed by atoms with E-state index in [1.165, 1.54) is 18.4 Å². The SMILES string of the molecule is CC1=CC(O)=CC([C@]2(O)[C@@H](CN(C)C)CC[C@@H]3C[C@@H]32)C1. The molecule has 0 aromatic carbocycles. The first-order valence-corrected chi connectivity index (χ1v) is 7.86. The standard InChI is InChI=1S/C17H27NO2/c1-11-6-14(9-15(19)7-11)17(20)13(10-18(2)3)5-4-12-8-16(12)17/h7,9,12-14,16,19-20H,4-6,8,10H2,1-3H3/t12-,13-,14?,16+,17-/m1/s1. The van der Waals surface area contributed by atoms with Gasteiger partial charge >= 0.3 is 0 Å². The molecule has 2 N–H and O–H groups in total. The van der Waals surface area contributed by atoms with Crippen molar-refractivity contribution in [3.63, 3.8) is 0 Å². The number of hydrogen-bond donors (Lipinski definition) is 2. The summed E-state index contributed by atoms with van der Waals surface area (Å²) in [5, 5.41) is 21.5. The first-order chi connectivity index (χ1) is 9.41. The molecule has 20 heavy (non-hydrogen) atoms. The first kappa shape index (κ1) is 14.2. The zero-order valence-electron chi connectivity index (χ0n) is 12.8. The van der Waals surface area contributed by atoms with E-state index in [-0.39, 0.29) is 5.92 Å². The molecule has 5 atom stereocenters. The molecular weight excluding hydrogens is 250 g/mol. The van der Waals surface area contributed by atoms with E-state index < -0.39 is 5.60 Å². The molecule has 0 bridgehead atoms. The Hall–Kier alpha value is -0.800. The second-order valence-electron chi connectivity index (χ2n) is 7.42. The minimum absolute atomic E-state index is 0.0766. The molecule has 0 aromatic heterocycles. The van der Waals surface area contributed by atoms with Crippen molar-refractivity contribution in [3.8, 4) is 0 Å². The van der Waals surface area contributed by atoms with Crippen LogP contribution in [0.1, 0.15) is 32.6 Å². The molecule has 1 unspecified atom stereocenters. The lowest BCUT2D eigenvalue weighted by Crippen LogP contribution is -2.52. The van der Waals surface area contributed by atoms with Crippen LogP contribution in [0.15, 0.2) is 23.5 Å². The highest BCUT2D eigenvalue weighted by Crippen LogP contribution is 2.60. The molecule has 0 amide bonds. The fraction of sp³-hybridized carbons (Fsp3) is 0.765. The van der Waals surface area contributed by atoms with Gasteiger partial charge in [-0.15, -0.1) is 0 Å². The van der Waals surface area contributed by atoms with Gasteiger partial charge in [-0.1, -0.05) is 5.57 Å². The van der Waals surface area contributed by atoms with Crippen LogP contribution in [0.3, 0.4) is 0 Å². The van der Waals surface area contributed by atoms with E-state index in [1.54, 1.807) is 0 Å². The Morgan fingerprint density at radius 3 is 2.75 bits per heavy atom. The largest absolute Gasteiger partial charge is 0.508 e. The number of hydrogen-bond acceptors (Lipinski definition) is 3. The molecule has 3 aliphatic rings. The maximum Gasteiger partial charge on any atom is 0.111 e. The molecule has 0 aromatic rings. The molecule has 0 spiro atoms. The second-order valence-corrected chi connectivity index (χ2v) is 7.42. The lowest BCUT2D eigenvalue weighted by molar-refractivity contribution is -0.100. The fourth-order valence-corrected chi connectivity index (χ4v) is 4.61. The summed E-state index contributed by atoms with van der Waals surface area (Å²) >= 11 is 0. The normalized spacial score (nSPS) is 43.9. The predicted molar refractivity (Wildman–Crippen MR) is 80.4 cm³/mol. The van der Waals surface area contributed by atoms with Crippen LogP contribution in [0, 0.1) is 23.7 Å². The van der Waals surface area contributed by atoms with Crippen LogP contribution in [0.25, 0.3) is 0 Å². The third-order valence-electron chi connectivity index (χ3n) is 5.54. The lowest BCUT2D eigenvalue weighted by Gasteiger charge is -2.46. The number of aliphatic hydroxyl groups excluding tert-OH is 1. The summed E-state index contributed by atoms with van der Waals surface area (Å²) in [5.41, 5.74) is 0.547. The number of fused-ring (bicyclic) bond motifs is 1. The van der Waals surface area contributed by atoms with Crippen molar-refractivity contribution in [1.82, 2.24) is 4.90 Å². The molecule has 3 nitrogen and oxygen atoms in total. The Balaban J connectivity index is 1.88. The van der Waals surface area contributed by atoms with E-state index in [9.17, 15) is 10.2 Å². The Morgan fingerprint density at radius 1 is 1.35 bits per heavy atom. The summed E-state index contributed by atoms with van der Waals surface area (Å²) in [7, 11) is 4.16. The van der Waals surface area contributed by atoms with Gasteiger partial charge in [-0.2, -0.15) is 0 Å². The zero-order valence-corrected chi connectivity index (χ0v) is 12.8. The summed E-state index contributed by atoms with van der Waals surface area (Å²) in [4.78, 5) is 2.19. The van der Waals surface area contributed by atoms with Crippen LogP contribution in [0.2, 0.25) is 0 Å². The predicted octanol–water partition coefficient (Wildman–Crippen LogP) is 2.73. The first-order valence-electron chi connectivity index (χ1n) is 7.86. The number of nitrogens with zero attached hydrogens (tertiary/aromatic N) is 1. The van der Waals surface area contributed by atoms with Crippen molar-refractivity contribution in [3.05, 3.63) is 23.5 Å². The summed E-state index contributed by atoms with van der Waals surface area (Å²) in [5.74, 6) is 1.90. The summed E-state index contributed by atoms with van der Waals surface area (Å²) in [6.07, 6.45) is 8.17. The van der Waals surface area contributed by atoms with Gasteiger partial charge in [0, 0.05) is 18.4 Å². The van der Waals surface area contributed by atoms with Crippen LogP contribution < -0.4 is 0 Å². The van der Waals surface area contributed by atoms with E-state index in [2.05, 4.69) is 19.0 Å². The van der Waals surface area contributed by atoms with E-state index in [1.807, 2.05) is 19.1 Å². The smallest absolute Gasteiger partial charge is 0.111 e. The highest BCUT2D eigenvalue weighted by atomic mass is 16.3. The number of allylic oxidation sites excluding steroid dienone is 2. The monoisotopic (exact) mass is 277 g/mol. The Labute approximate surface area is 122 Å². The van der Waals surface area contributed by atoms with Crippen LogP contribution in [-0.4, -0.2) is 41.4 Å². The van der Waals surface area contributed by atoms with Crippen molar-refractivity contribution in [2.75, 3.05) is 20.6 Å². The van der Waals surface area contributed by atoms with Gasteiger partial charge in [-0.05, 0) is 70.7 Å². The van der Waals surface area contributed by atoms with Crippen molar-refractivity contribution in [2.24, 2.45) is 23.7 Å². The third-order valence-corrected chi connectivity index (χ3v) is 5.54. The molecule has 0 aliphatic heterocycles. The van der Waals surface area contributed by atoms with Crippen molar-refractivity contribution in [1.29, 1.82) is 0 Å². The Bertz CT molecular complexity index is 454. The topological polar surface area (TPSA) is 43.7 Å². The molecule has 0 heterocycles. The molecule has 0 radical (unpaired) electrons. The van der Waals surface area contributed by atoms with E-state index in [0.717, 1.165) is 25.3 Å². The van der Waals surface area contributed by atoms with Gasteiger partial charge in [0.25, 0.3) is 0 Å². The third kappa shape index (κ3) is 2.31. The minimum Gasteiger partial charge on any atom is -0.508 e. The molecular formula is C17H27NO2. The average molecular weight is 277 g/mol. The van der Waals surface area contributed by atoms with Gasteiger partial charge in [0.1, 0.15) is 5.76 Å². The minimum atomic E-state index is -0.628. The summed E-state index contributed by atoms with van der Waals surface area (Å²) < 4.78 is 0. The van der Waals surface area contributed by atoms with Gasteiger partial charge in [0.2, 0.25) is 0 Å². The molecule has 3 aliphatic carbocycles. The van der Waals surface area contributed by atoms with Gasteiger partial charge < -0.3 is 15.1 Å². The van der Waals surface area contributed by atoms with Crippen molar-refractivity contribution >= 4 is 0 Å². The van der Waals surface area contributed by atoms with Gasteiger partial charge in [0.05, 0.1) is 5.60 Å². The second kappa shape index (κ2) is 4.88. The van der Waals surface area contributed by atoms with E-state index >= 15 is 0 Å². The maximum absolute atomic E-state index is 11.5.